The van der Waals surface area contributed by atoms with Crippen LogP contribution in [-0.4, -0.2) is 12.6 Å². The lowest BCUT2D eigenvalue weighted by Crippen LogP contribution is -2.35. The number of aryl methyl sites for hydroxylation is 1. The molecular weight excluding hydrogens is 224 g/mol. The van der Waals surface area contributed by atoms with Crippen molar-refractivity contribution in [3.05, 3.63) is 59.5 Å². The van der Waals surface area contributed by atoms with Crippen molar-refractivity contribution in [2.75, 3.05) is 6.54 Å². The van der Waals surface area contributed by atoms with Gasteiger partial charge in [-0.05, 0) is 31.0 Å². The molecule has 0 aliphatic carbocycles. The van der Waals surface area contributed by atoms with E-state index in [4.69, 9.17) is 15.9 Å². The highest BCUT2D eigenvalue weighted by molar-refractivity contribution is 5.19. The summed E-state index contributed by atoms with van der Waals surface area (Å²) in [4.78, 5) is 0. The standard InChI is InChI=1S/C15H20N2O/c1-11-7-8-15(18-11)13(10-16)14(17)9-12-5-3-2-4-6-12/h2-8,13-14H,9-10,16-17H2,1H3. The topological polar surface area (TPSA) is 65.2 Å². The molecular formula is C15H20N2O. The highest BCUT2D eigenvalue weighted by Crippen LogP contribution is 2.22. The molecule has 0 fully saturated rings. The van der Waals surface area contributed by atoms with Crippen LogP contribution < -0.4 is 11.5 Å². The van der Waals surface area contributed by atoms with Gasteiger partial charge in [-0.15, -0.1) is 0 Å². The molecule has 0 saturated heterocycles. The first-order chi connectivity index (χ1) is 8.70. The summed E-state index contributed by atoms with van der Waals surface area (Å²) in [6.07, 6.45) is 0.808. The molecule has 2 rings (SSSR count). The van der Waals surface area contributed by atoms with Gasteiger partial charge in [0.1, 0.15) is 11.5 Å². The quantitative estimate of drug-likeness (QED) is 0.847. The Morgan fingerprint density at radius 2 is 1.83 bits per heavy atom. The van der Waals surface area contributed by atoms with Crippen molar-refractivity contribution in [3.63, 3.8) is 0 Å². The molecule has 0 saturated carbocycles. The largest absolute Gasteiger partial charge is 0.466 e. The lowest BCUT2D eigenvalue weighted by atomic mass is 9.92. The van der Waals surface area contributed by atoms with Crippen LogP contribution in [0.5, 0.6) is 0 Å². The highest BCUT2D eigenvalue weighted by atomic mass is 16.3. The van der Waals surface area contributed by atoms with Gasteiger partial charge >= 0.3 is 0 Å². The van der Waals surface area contributed by atoms with Crippen LogP contribution in [0.15, 0.2) is 46.9 Å². The molecule has 3 heteroatoms. The van der Waals surface area contributed by atoms with Gasteiger partial charge in [0.15, 0.2) is 0 Å². The second-order valence-corrected chi connectivity index (χ2v) is 4.64. The van der Waals surface area contributed by atoms with Crippen molar-refractivity contribution in [2.45, 2.75) is 25.3 Å². The van der Waals surface area contributed by atoms with E-state index in [0.29, 0.717) is 6.54 Å². The second kappa shape index (κ2) is 5.85. The van der Waals surface area contributed by atoms with Gasteiger partial charge in [-0.25, -0.2) is 0 Å². The molecule has 0 aliphatic rings. The first-order valence-electron chi connectivity index (χ1n) is 6.26. The van der Waals surface area contributed by atoms with Crippen LogP contribution in [-0.2, 0) is 6.42 Å². The van der Waals surface area contributed by atoms with Crippen molar-refractivity contribution in [1.29, 1.82) is 0 Å². The minimum atomic E-state index is -0.0250. The van der Waals surface area contributed by atoms with E-state index >= 15 is 0 Å². The molecule has 1 heterocycles. The molecule has 2 unspecified atom stereocenters. The van der Waals surface area contributed by atoms with E-state index in [0.717, 1.165) is 17.9 Å². The van der Waals surface area contributed by atoms with Gasteiger partial charge in [0.2, 0.25) is 0 Å². The molecule has 4 N–H and O–H groups in total. The maximum atomic E-state index is 6.26. The number of furan rings is 1. The summed E-state index contributed by atoms with van der Waals surface area (Å²) < 4.78 is 5.64. The Hall–Kier alpha value is -1.58. The minimum absolute atomic E-state index is 0.0250. The predicted octanol–water partition coefficient (Wildman–Crippen LogP) is 2.20. The number of benzene rings is 1. The van der Waals surface area contributed by atoms with Crippen molar-refractivity contribution < 1.29 is 4.42 Å². The van der Waals surface area contributed by atoms with E-state index in [2.05, 4.69) is 12.1 Å². The Morgan fingerprint density at radius 3 is 2.39 bits per heavy atom. The average Bonchev–Trinajstić information content (AvgIpc) is 2.78. The molecule has 2 atom stereocenters. The number of nitrogens with two attached hydrogens (primary N) is 2. The molecule has 0 radical (unpaired) electrons. The fourth-order valence-corrected chi connectivity index (χ4v) is 2.18. The average molecular weight is 244 g/mol. The molecule has 1 aromatic carbocycles. The van der Waals surface area contributed by atoms with E-state index in [9.17, 15) is 0 Å². The van der Waals surface area contributed by atoms with Gasteiger partial charge < -0.3 is 15.9 Å². The summed E-state index contributed by atoms with van der Waals surface area (Å²) >= 11 is 0. The predicted molar refractivity (Wildman–Crippen MR) is 73.4 cm³/mol. The third kappa shape index (κ3) is 3.00. The van der Waals surface area contributed by atoms with Gasteiger partial charge in [0.05, 0.1) is 0 Å². The molecule has 1 aromatic heterocycles. The highest BCUT2D eigenvalue weighted by Gasteiger charge is 2.21. The van der Waals surface area contributed by atoms with Gasteiger partial charge in [-0.2, -0.15) is 0 Å². The zero-order valence-corrected chi connectivity index (χ0v) is 10.7. The van der Waals surface area contributed by atoms with E-state index in [1.54, 1.807) is 0 Å². The zero-order chi connectivity index (χ0) is 13.0. The third-order valence-corrected chi connectivity index (χ3v) is 3.21. The Balaban J connectivity index is 2.08. The molecule has 0 bridgehead atoms. The molecule has 0 amide bonds. The number of hydrogen-bond donors (Lipinski definition) is 2. The smallest absolute Gasteiger partial charge is 0.110 e. The zero-order valence-electron chi connectivity index (χ0n) is 10.7. The Bertz CT molecular complexity index is 478. The first-order valence-corrected chi connectivity index (χ1v) is 6.26. The van der Waals surface area contributed by atoms with Crippen LogP contribution in [0.25, 0.3) is 0 Å². The summed E-state index contributed by atoms with van der Waals surface area (Å²) in [7, 11) is 0. The van der Waals surface area contributed by atoms with E-state index < -0.39 is 0 Å². The van der Waals surface area contributed by atoms with E-state index in [1.807, 2.05) is 37.3 Å². The van der Waals surface area contributed by atoms with Crippen LogP contribution in [0.1, 0.15) is 23.0 Å². The summed E-state index contributed by atoms with van der Waals surface area (Å²) in [5.41, 5.74) is 13.3. The number of hydrogen-bond acceptors (Lipinski definition) is 3. The summed E-state index contributed by atoms with van der Waals surface area (Å²) in [5, 5.41) is 0. The van der Waals surface area contributed by atoms with Gasteiger partial charge in [-0.3, -0.25) is 0 Å². The van der Waals surface area contributed by atoms with Crippen molar-refractivity contribution in [2.24, 2.45) is 11.5 Å². The molecule has 2 aromatic rings. The Labute approximate surface area is 108 Å². The van der Waals surface area contributed by atoms with Crippen LogP contribution in [0.4, 0.5) is 0 Å². The van der Waals surface area contributed by atoms with E-state index in [1.165, 1.54) is 5.56 Å². The van der Waals surface area contributed by atoms with Crippen LogP contribution in [0, 0.1) is 6.92 Å². The normalized spacial score (nSPS) is 14.4. The molecule has 18 heavy (non-hydrogen) atoms. The second-order valence-electron chi connectivity index (χ2n) is 4.64. The Kier molecular flexibility index (Phi) is 4.18. The first kappa shape index (κ1) is 12.9. The monoisotopic (exact) mass is 244 g/mol. The SMILES string of the molecule is Cc1ccc(C(CN)C(N)Cc2ccccc2)o1. The molecule has 96 valence electrons. The van der Waals surface area contributed by atoms with E-state index in [-0.39, 0.29) is 12.0 Å². The Morgan fingerprint density at radius 1 is 1.11 bits per heavy atom. The fourth-order valence-electron chi connectivity index (χ4n) is 2.18. The van der Waals surface area contributed by atoms with Crippen LogP contribution in [0.3, 0.4) is 0 Å². The third-order valence-electron chi connectivity index (χ3n) is 3.21. The fraction of sp³-hybridized carbons (Fsp3) is 0.333. The molecule has 3 nitrogen and oxygen atoms in total. The minimum Gasteiger partial charge on any atom is -0.466 e. The van der Waals surface area contributed by atoms with Crippen LogP contribution >= 0.6 is 0 Å². The van der Waals surface area contributed by atoms with Gasteiger partial charge in [0, 0.05) is 18.5 Å². The lowest BCUT2D eigenvalue weighted by molar-refractivity contribution is 0.406. The van der Waals surface area contributed by atoms with Crippen molar-refractivity contribution >= 4 is 0 Å². The maximum Gasteiger partial charge on any atom is 0.110 e. The van der Waals surface area contributed by atoms with Crippen LogP contribution in [0.2, 0.25) is 0 Å². The van der Waals surface area contributed by atoms with Gasteiger partial charge in [-0.1, -0.05) is 30.3 Å². The molecule has 0 aliphatic heterocycles. The molecule has 0 spiro atoms. The lowest BCUT2D eigenvalue weighted by Gasteiger charge is -2.20. The summed E-state index contributed by atoms with van der Waals surface area (Å²) in [5.74, 6) is 1.85. The summed E-state index contributed by atoms with van der Waals surface area (Å²) in [6.45, 7) is 2.43. The van der Waals surface area contributed by atoms with Crippen molar-refractivity contribution in [1.82, 2.24) is 0 Å². The van der Waals surface area contributed by atoms with Gasteiger partial charge in [0.25, 0.3) is 0 Å². The summed E-state index contributed by atoms with van der Waals surface area (Å²) in [6, 6.07) is 14.1. The maximum absolute atomic E-state index is 6.26. The van der Waals surface area contributed by atoms with Crippen molar-refractivity contribution in [3.8, 4) is 0 Å². The number of rotatable bonds is 5.